The van der Waals surface area contributed by atoms with Gasteiger partial charge in [-0.2, -0.15) is 0 Å². The highest BCUT2D eigenvalue weighted by molar-refractivity contribution is 5.26. The molecule has 1 heterocycles. The van der Waals surface area contributed by atoms with Crippen molar-refractivity contribution in [2.45, 2.75) is 40.3 Å². The lowest BCUT2D eigenvalue weighted by molar-refractivity contribution is 0.554. The monoisotopic (exact) mass is 208 g/mol. The first kappa shape index (κ1) is 12.0. The summed E-state index contributed by atoms with van der Waals surface area (Å²) in [4.78, 5) is 12.2. The number of hydrogen-bond acceptors (Lipinski definition) is 2. The summed E-state index contributed by atoms with van der Waals surface area (Å²) in [5.41, 5.74) is 3.12. The van der Waals surface area contributed by atoms with Crippen molar-refractivity contribution in [2.24, 2.45) is 0 Å². The third-order valence-corrected chi connectivity index (χ3v) is 2.63. The summed E-state index contributed by atoms with van der Waals surface area (Å²) < 4.78 is 1.85. The largest absolute Gasteiger partial charge is 0.315 e. The summed E-state index contributed by atoms with van der Waals surface area (Å²) >= 11 is 0. The van der Waals surface area contributed by atoms with E-state index in [9.17, 15) is 4.79 Å². The summed E-state index contributed by atoms with van der Waals surface area (Å²) in [6, 6.07) is 2.29. The van der Waals surface area contributed by atoms with Crippen molar-refractivity contribution in [3.63, 3.8) is 0 Å². The first-order valence-electron chi connectivity index (χ1n) is 5.35. The molecule has 1 aromatic heterocycles. The zero-order chi connectivity index (χ0) is 11.6. The molecule has 1 N–H and O–H groups in total. The van der Waals surface area contributed by atoms with Gasteiger partial charge in [-0.3, -0.25) is 4.79 Å². The second-order valence-corrected chi connectivity index (χ2v) is 4.25. The molecule has 0 aliphatic carbocycles. The standard InChI is InChI=1S/C12H20N2O/c1-8(2)14-10(4)6-9(3)11(7-13-5)12(14)15/h6,8,13H,7H2,1-5H3. The van der Waals surface area contributed by atoms with Crippen LogP contribution in [0.4, 0.5) is 0 Å². The topological polar surface area (TPSA) is 34.0 Å². The molecule has 0 amide bonds. The first-order valence-corrected chi connectivity index (χ1v) is 5.35. The average molecular weight is 208 g/mol. The molecule has 3 heteroatoms. The molecule has 0 atom stereocenters. The normalized spacial score (nSPS) is 11.1. The fourth-order valence-electron chi connectivity index (χ4n) is 1.98. The Morgan fingerprint density at radius 3 is 2.47 bits per heavy atom. The lowest BCUT2D eigenvalue weighted by Crippen LogP contribution is -2.30. The molecular formula is C12H20N2O. The van der Waals surface area contributed by atoms with Crippen molar-refractivity contribution in [3.05, 3.63) is 33.2 Å². The summed E-state index contributed by atoms with van der Waals surface area (Å²) in [7, 11) is 1.86. The molecule has 1 aromatic rings. The Labute approximate surface area is 91.1 Å². The van der Waals surface area contributed by atoms with Gasteiger partial charge < -0.3 is 9.88 Å². The van der Waals surface area contributed by atoms with E-state index < -0.39 is 0 Å². The quantitative estimate of drug-likeness (QED) is 0.821. The van der Waals surface area contributed by atoms with Crippen LogP contribution in [0.5, 0.6) is 0 Å². The second kappa shape index (κ2) is 4.62. The van der Waals surface area contributed by atoms with Crippen molar-refractivity contribution < 1.29 is 0 Å². The van der Waals surface area contributed by atoms with Gasteiger partial charge in [-0.15, -0.1) is 0 Å². The molecule has 84 valence electrons. The predicted molar refractivity (Wildman–Crippen MR) is 63.3 cm³/mol. The Hall–Kier alpha value is -1.09. The Kier molecular flexibility index (Phi) is 3.69. The molecule has 3 nitrogen and oxygen atoms in total. The van der Waals surface area contributed by atoms with Crippen LogP contribution < -0.4 is 10.9 Å². The highest BCUT2D eigenvalue weighted by Crippen LogP contribution is 2.10. The van der Waals surface area contributed by atoms with Gasteiger partial charge in [-0.05, 0) is 46.4 Å². The van der Waals surface area contributed by atoms with Gasteiger partial charge in [0.1, 0.15) is 0 Å². The highest BCUT2D eigenvalue weighted by atomic mass is 16.1. The minimum Gasteiger partial charge on any atom is -0.315 e. The van der Waals surface area contributed by atoms with Gasteiger partial charge in [-0.1, -0.05) is 0 Å². The molecule has 0 aliphatic heterocycles. The number of aryl methyl sites for hydroxylation is 2. The Balaban J connectivity index is 3.42. The summed E-state index contributed by atoms with van der Waals surface area (Å²) in [5, 5.41) is 3.04. The van der Waals surface area contributed by atoms with Crippen LogP contribution in [-0.2, 0) is 6.54 Å². The van der Waals surface area contributed by atoms with Crippen molar-refractivity contribution in [1.82, 2.24) is 9.88 Å². The van der Waals surface area contributed by atoms with Crippen LogP contribution in [0.2, 0.25) is 0 Å². The van der Waals surface area contributed by atoms with E-state index in [-0.39, 0.29) is 11.6 Å². The van der Waals surface area contributed by atoms with Gasteiger partial charge in [0.2, 0.25) is 0 Å². The van der Waals surface area contributed by atoms with Gasteiger partial charge in [0.05, 0.1) is 0 Å². The molecule has 0 saturated carbocycles. The molecule has 0 bridgehead atoms. The fourth-order valence-corrected chi connectivity index (χ4v) is 1.98. The van der Waals surface area contributed by atoms with E-state index in [1.165, 1.54) is 0 Å². The van der Waals surface area contributed by atoms with E-state index in [0.29, 0.717) is 6.54 Å². The fraction of sp³-hybridized carbons (Fsp3) is 0.583. The van der Waals surface area contributed by atoms with Crippen LogP contribution in [0.15, 0.2) is 10.9 Å². The van der Waals surface area contributed by atoms with Gasteiger partial charge in [0, 0.05) is 23.8 Å². The van der Waals surface area contributed by atoms with Crippen molar-refractivity contribution in [1.29, 1.82) is 0 Å². The minimum atomic E-state index is 0.136. The molecule has 0 fully saturated rings. The predicted octanol–water partition coefficient (Wildman–Crippen LogP) is 1.77. The Morgan fingerprint density at radius 1 is 1.40 bits per heavy atom. The molecular weight excluding hydrogens is 188 g/mol. The zero-order valence-electron chi connectivity index (χ0n) is 10.2. The molecule has 0 aromatic carbocycles. The molecule has 0 unspecified atom stereocenters. The van der Waals surface area contributed by atoms with Crippen LogP contribution in [-0.4, -0.2) is 11.6 Å². The van der Waals surface area contributed by atoms with Crippen molar-refractivity contribution in [2.75, 3.05) is 7.05 Å². The van der Waals surface area contributed by atoms with Crippen LogP contribution in [0.3, 0.4) is 0 Å². The number of rotatable bonds is 3. The van der Waals surface area contributed by atoms with E-state index in [0.717, 1.165) is 16.8 Å². The molecule has 15 heavy (non-hydrogen) atoms. The van der Waals surface area contributed by atoms with Crippen LogP contribution >= 0.6 is 0 Å². The van der Waals surface area contributed by atoms with E-state index in [2.05, 4.69) is 11.4 Å². The zero-order valence-corrected chi connectivity index (χ0v) is 10.2. The van der Waals surface area contributed by atoms with Gasteiger partial charge in [0.15, 0.2) is 0 Å². The Morgan fingerprint density at radius 2 is 2.00 bits per heavy atom. The maximum atomic E-state index is 12.2. The number of pyridine rings is 1. The molecule has 0 aliphatic rings. The maximum absolute atomic E-state index is 12.2. The van der Waals surface area contributed by atoms with Crippen LogP contribution in [0.25, 0.3) is 0 Å². The highest BCUT2D eigenvalue weighted by Gasteiger charge is 2.11. The van der Waals surface area contributed by atoms with Gasteiger partial charge in [-0.25, -0.2) is 0 Å². The minimum absolute atomic E-state index is 0.136. The summed E-state index contributed by atoms with van der Waals surface area (Å²) in [6.45, 7) is 8.68. The molecule has 0 spiro atoms. The molecule has 0 radical (unpaired) electrons. The van der Waals surface area contributed by atoms with Gasteiger partial charge in [0.25, 0.3) is 5.56 Å². The lowest BCUT2D eigenvalue weighted by atomic mass is 10.1. The first-order chi connectivity index (χ1) is 6.99. The molecule has 0 saturated heterocycles. The Bertz CT molecular complexity index is 405. The van der Waals surface area contributed by atoms with Crippen molar-refractivity contribution in [3.8, 4) is 0 Å². The average Bonchev–Trinajstić information content (AvgIpc) is 2.11. The lowest BCUT2D eigenvalue weighted by Gasteiger charge is -2.17. The van der Waals surface area contributed by atoms with E-state index in [4.69, 9.17) is 0 Å². The number of nitrogens with one attached hydrogen (secondary N) is 1. The summed E-state index contributed by atoms with van der Waals surface area (Å²) in [6.07, 6.45) is 0. The second-order valence-electron chi connectivity index (χ2n) is 4.25. The smallest absolute Gasteiger partial charge is 0.255 e. The van der Waals surface area contributed by atoms with Crippen LogP contribution in [0, 0.1) is 13.8 Å². The van der Waals surface area contributed by atoms with E-state index in [1.54, 1.807) is 0 Å². The number of hydrogen-bond donors (Lipinski definition) is 1. The van der Waals surface area contributed by atoms with E-state index in [1.807, 2.05) is 39.3 Å². The molecule has 1 rings (SSSR count). The SMILES string of the molecule is CNCc1c(C)cc(C)n(C(C)C)c1=O. The third kappa shape index (κ3) is 2.29. The maximum Gasteiger partial charge on any atom is 0.255 e. The van der Waals surface area contributed by atoms with E-state index >= 15 is 0 Å². The van der Waals surface area contributed by atoms with Gasteiger partial charge >= 0.3 is 0 Å². The third-order valence-electron chi connectivity index (χ3n) is 2.63. The number of nitrogens with zero attached hydrogens (tertiary/aromatic N) is 1. The number of aromatic nitrogens is 1. The van der Waals surface area contributed by atoms with Crippen LogP contribution in [0.1, 0.15) is 36.7 Å². The van der Waals surface area contributed by atoms with Crippen molar-refractivity contribution >= 4 is 0 Å². The summed E-state index contributed by atoms with van der Waals surface area (Å²) in [5.74, 6) is 0.